The summed E-state index contributed by atoms with van der Waals surface area (Å²) < 4.78 is 5.43. The molecule has 6 rings (SSSR count). The molecular formula is C32H21N2O4P. The molecule has 0 unspecified atom stereocenters. The van der Waals surface area contributed by atoms with Crippen LogP contribution in [0.3, 0.4) is 0 Å². The highest BCUT2D eigenvalue weighted by Crippen LogP contribution is 2.50. The number of rotatable bonds is 5. The van der Waals surface area contributed by atoms with Gasteiger partial charge in [0.2, 0.25) is 5.78 Å². The molecule has 0 radical (unpaired) electrons. The molecule has 7 heteroatoms. The second-order valence-electron chi connectivity index (χ2n) is 9.06. The zero-order valence-electron chi connectivity index (χ0n) is 20.6. The van der Waals surface area contributed by atoms with Crippen LogP contribution in [0.15, 0.2) is 132 Å². The summed E-state index contributed by atoms with van der Waals surface area (Å²) in [6.07, 6.45) is 0. The van der Waals surface area contributed by atoms with E-state index in [0.29, 0.717) is 5.69 Å². The highest BCUT2D eigenvalue weighted by Gasteiger charge is 2.37. The highest BCUT2D eigenvalue weighted by molar-refractivity contribution is 7.87. The van der Waals surface area contributed by atoms with Crippen molar-refractivity contribution in [2.75, 3.05) is 0 Å². The van der Waals surface area contributed by atoms with Crippen LogP contribution in [-0.2, 0) is 0 Å². The molecule has 1 aliphatic rings. The van der Waals surface area contributed by atoms with Gasteiger partial charge in [0.25, 0.3) is 5.69 Å². The van der Waals surface area contributed by atoms with Crippen LogP contribution < -0.4 is 15.9 Å². The maximum Gasteiger partial charge on any atom is 0.281 e. The summed E-state index contributed by atoms with van der Waals surface area (Å²) in [6, 6.07) is 39.0. The van der Waals surface area contributed by atoms with Gasteiger partial charge in [0.05, 0.1) is 23.2 Å². The molecule has 0 aliphatic heterocycles. The van der Waals surface area contributed by atoms with E-state index in [2.05, 4.69) is 0 Å². The Kier molecular flexibility index (Phi) is 6.10. The highest BCUT2D eigenvalue weighted by atomic mass is 31.2. The fraction of sp³-hybridized carbons (Fsp3) is 0. The van der Waals surface area contributed by atoms with Crippen LogP contribution in [0.4, 0.5) is 11.4 Å². The topological polar surface area (TPSA) is 89.6 Å². The quantitative estimate of drug-likeness (QED) is 0.152. The van der Waals surface area contributed by atoms with Crippen molar-refractivity contribution in [1.29, 1.82) is 0 Å². The summed E-state index contributed by atoms with van der Waals surface area (Å²) in [5.74, 6) is -0.998. The van der Waals surface area contributed by atoms with Gasteiger partial charge in [-0.05, 0) is 12.1 Å². The molecule has 0 saturated heterocycles. The van der Waals surface area contributed by atoms with Crippen LogP contribution in [0, 0.1) is 10.1 Å². The van der Waals surface area contributed by atoms with Crippen molar-refractivity contribution < 1.29 is 14.5 Å². The number of nitro benzene ring substituents is 1. The standard InChI is InChI=1S/C32H21N2O4P/c35-31-26-19-11-21-28(34(37)38)30(26)32(36)25-18-10-20-27(29(25)31)33-39(22-12-4-1-5-13-22,23-14-6-2-7-15-23)24-16-8-3-9-17-24/h1-21H. The van der Waals surface area contributed by atoms with E-state index >= 15 is 0 Å². The van der Waals surface area contributed by atoms with E-state index in [9.17, 15) is 19.7 Å². The number of carbonyl (C=O) groups excluding carboxylic acids is 2. The number of fused-ring (bicyclic) bond motifs is 2. The molecule has 0 atom stereocenters. The third-order valence-electron chi connectivity index (χ3n) is 6.87. The Hall–Kier alpha value is -4.93. The number of ketones is 2. The molecular weight excluding hydrogens is 507 g/mol. The molecule has 0 fully saturated rings. The normalized spacial score (nSPS) is 12.4. The van der Waals surface area contributed by atoms with Crippen molar-refractivity contribution in [3.63, 3.8) is 0 Å². The van der Waals surface area contributed by atoms with Crippen LogP contribution in [0.25, 0.3) is 0 Å². The molecule has 0 bridgehead atoms. The number of benzene rings is 5. The second kappa shape index (κ2) is 9.75. The molecule has 6 nitrogen and oxygen atoms in total. The van der Waals surface area contributed by atoms with Crippen molar-refractivity contribution in [1.82, 2.24) is 0 Å². The fourth-order valence-corrected chi connectivity index (χ4v) is 8.70. The van der Waals surface area contributed by atoms with Crippen LogP contribution in [0.1, 0.15) is 31.8 Å². The van der Waals surface area contributed by atoms with Crippen LogP contribution in [0.2, 0.25) is 0 Å². The lowest BCUT2D eigenvalue weighted by atomic mass is 9.82. The van der Waals surface area contributed by atoms with Crippen molar-refractivity contribution >= 4 is 45.9 Å². The first-order valence-corrected chi connectivity index (χ1v) is 14.1. The van der Waals surface area contributed by atoms with Gasteiger partial charge in [0, 0.05) is 33.1 Å². The predicted molar refractivity (Wildman–Crippen MR) is 154 cm³/mol. The van der Waals surface area contributed by atoms with E-state index in [1.807, 2.05) is 91.0 Å². The van der Waals surface area contributed by atoms with Gasteiger partial charge in [0.1, 0.15) is 5.56 Å². The third-order valence-corrected chi connectivity index (χ3v) is 10.5. The van der Waals surface area contributed by atoms with Crippen LogP contribution in [0.5, 0.6) is 0 Å². The number of carbonyl (C=O) groups is 2. The Morgan fingerprint density at radius 2 is 0.974 bits per heavy atom. The van der Waals surface area contributed by atoms with Crippen molar-refractivity contribution in [2.45, 2.75) is 0 Å². The van der Waals surface area contributed by atoms with E-state index in [1.165, 1.54) is 18.2 Å². The molecule has 1 aliphatic carbocycles. The van der Waals surface area contributed by atoms with Gasteiger partial charge in [-0.1, -0.05) is 109 Å². The monoisotopic (exact) mass is 528 g/mol. The predicted octanol–water partition coefficient (Wildman–Crippen LogP) is 6.18. The summed E-state index contributed by atoms with van der Waals surface area (Å²) in [5.41, 5.74) is 0.143. The summed E-state index contributed by atoms with van der Waals surface area (Å²) >= 11 is 0. The maximum absolute atomic E-state index is 13.9. The summed E-state index contributed by atoms with van der Waals surface area (Å²) in [5, 5.41) is 14.7. The first-order chi connectivity index (χ1) is 19.0. The number of nitrogens with zero attached hydrogens (tertiary/aromatic N) is 2. The smallest absolute Gasteiger partial charge is 0.281 e. The Morgan fingerprint density at radius 3 is 1.46 bits per heavy atom. The van der Waals surface area contributed by atoms with Crippen LogP contribution >= 0.6 is 7.05 Å². The van der Waals surface area contributed by atoms with Gasteiger partial charge in [0.15, 0.2) is 5.78 Å². The van der Waals surface area contributed by atoms with Gasteiger partial charge < -0.3 is 0 Å². The number of nitro groups is 1. The zero-order chi connectivity index (χ0) is 27.0. The lowest BCUT2D eigenvalue weighted by Gasteiger charge is -2.28. The van der Waals surface area contributed by atoms with Gasteiger partial charge in [-0.25, -0.2) is 0 Å². The average Bonchev–Trinajstić information content (AvgIpc) is 2.99. The zero-order valence-corrected chi connectivity index (χ0v) is 21.5. The minimum Gasteiger partial charge on any atom is -0.288 e. The van der Waals surface area contributed by atoms with Crippen molar-refractivity contribution in [3.05, 3.63) is 160 Å². The molecule has 188 valence electrons. The minimum atomic E-state index is -2.72. The lowest BCUT2D eigenvalue weighted by molar-refractivity contribution is -0.385. The third kappa shape index (κ3) is 3.94. The molecule has 0 amide bonds. The molecule has 0 saturated carbocycles. The van der Waals surface area contributed by atoms with Crippen molar-refractivity contribution in [3.8, 4) is 0 Å². The van der Waals surface area contributed by atoms with E-state index in [1.54, 1.807) is 18.2 Å². The van der Waals surface area contributed by atoms with E-state index in [-0.39, 0.29) is 27.9 Å². The SMILES string of the molecule is O=C1c2cccc([N+](=O)[O-])c2C(=O)c2cccc(N=P(c3ccccc3)(c3ccccc3)c3ccccc3)c21. The molecule has 5 aromatic carbocycles. The summed E-state index contributed by atoms with van der Waals surface area (Å²) in [6.45, 7) is 0. The van der Waals surface area contributed by atoms with E-state index < -0.39 is 23.5 Å². The maximum atomic E-state index is 13.9. The molecule has 39 heavy (non-hydrogen) atoms. The fourth-order valence-electron chi connectivity index (χ4n) is 5.15. The Balaban J connectivity index is 1.71. The van der Waals surface area contributed by atoms with Crippen LogP contribution in [-0.4, -0.2) is 16.5 Å². The molecule has 0 heterocycles. The number of hydrogen-bond acceptors (Lipinski definition) is 5. The molecule has 0 spiro atoms. The lowest BCUT2D eigenvalue weighted by Crippen LogP contribution is -2.26. The molecule has 0 N–H and O–H groups in total. The molecule has 5 aromatic rings. The average molecular weight is 529 g/mol. The van der Waals surface area contributed by atoms with E-state index in [4.69, 9.17) is 4.74 Å². The largest absolute Gasteiger partial charge is 0.288 e. The Labute approximate surface area is 224 Å². The van der Waals surface area contributed by atoms with Gasteiger partial charge >= 0.3 is 0 Å². The van der Waals surface area contributed by atoms with Crippen molar-refractivity contribution in [2.24, 2.45) is 4.74 Å². The van der Waals surface area contributed by atoms with Gasteiger partial charge in [-0.3, -0.25) is 24.4 Å². The van der Waals surface area contributed by atoms with Gasteiger partial charge in [-0.15, -0.1) is 0 Å². The molecule has 0 aromatic heterocycles. The minimum absolute atomic E-state index is 0.0208. The second-order valence-corrected chi connectivity index (χ2v) is 12.1. The Morgan fingerprint density at radius 1 is 0.538 bits per heavy atom. The summed E-state index contributed by atoms with van der Waals surface area (Å²) in [4.78, 5) is 38.6. The van der Waals surface area contributed by atoms with Gasteiger partial charge in [-0.2, -0.15) is 0 Å². The Bertz CT molecular complexity index is 1710. The number of hydrogen-bond donors (Lipinski definition) is 0. The first kappa shape index (κ1) is 24.4. The van der Waals surface area contributed by atoms with E-state index in [0.717, 1.165) is 15.9 Å². The first-order valence-electron chi connectivity index (χ1n) is 12.3. The summed E-state index contributed by atoms with van der Waals surface area (Å²) in [7, 11) is -2.72.